The Morgan fingerprint density at radius 2 is 1.57 bits per heavy atom. The van der Waals surface area contributed by atoms with Crippen molar-refractivity contribution in [3.05, 3.63) is 82.9 Å². The lowest BCUT2D eigenvalue weighted by Gasteiger charge is -2.24. The summed E-state index contributed by atoms with van der Waals surface area (Å²) in [6.07, 6.45) is 0.558. The van der Waals surface area contributed by atoms with Gasteiger partial charge in [0.15, 0.2) is 0 Å². The molecular formula is C19H17ClO. The van der Waals surface area contributed by atoms with Crippen molar-refractivity contribution in [2.24, 2.45) is 0 Å². The second-order valence-corrected chi connectivity index (χ2v) is 6.08. The highest BCUT2D eigenvalue weighted by atomic mass is 35.5. The summed E-state index contributed by atoms with van der Waals surface area (Å²) in [4.78, 5) is 0. The molecule has 0 aliphatic heterocycles. The first-order valence-electron chi connectivity index (χ1n) is 7.01. The summed E-state index contributed by atoms with van der Waals surface area (Å²) in [6, 6.07) is 21.9. The van der Waals surface area contributed by atoms with E-state index < -0.39 is 5.60 Å². The second-order valence-electron chi connectivity index (χ2n) is 5.64. The number of halogens is 1. The van der Waals surface area contributed by atoms with Gasteiger partial charge < -0.3 is 5.11 Å². The van der Waals surface area contributed by atoms with Crippen molar-refractivity contribution in [3.8, 4) is 0 Å². The minimum absolute atomic E-state index is 0.558. The van der Waals surface area contributed by atoms with Crippen molar-refractivity contribution < 1.29 is 5.11 Å². The van der Waals surface area contributed by atoms with E-state index in [-0.39, 0.29) is 0 Å². The molecule has 3 aromatic rings. The number of hydrogen-bond acceptors (Lipinski definition) is 1. The zero-order chi connectivity index (χ0) is 14.9. The maximum absolute atomic E-state index is 10.8. The Balaban J connectivity index is 1.93. The molecule has 3 rings (SSSR count). The van der Waals surface area contributed by atoms with Gasteiger partial charge in [0.1, 0.15) is 0 Å². The summed E-state index contributed by atoms with van der Waals surface area (Å²) in [5.74, 6) is 0. The summed E-state index contributed by atoms with van der Waals surface area (Å²) in [5, 5.41) is 13.9. The summed E-state index contributed by atoms with van der Waals surface area (Å²) >= 11 is 5.90. The smallest absolute Gasteiger partial charge is 0.0908 e. The molecule has 21 heavy (non-hydrogen) atoms. The van der Waals surface area contributed by atoms with Crippen LogP contribution in [-0.4, -0.2) is 5.11 Å². The monoisotopic (exact) mass is 296 g/mol. The van der Waals surface area contributed by atoms with E-state index in [9.17, 15) is 5.11 Å². The molecule has 0 aliphatic rings. The van der Waals surface area contributed by atoms with Gasteiger partial charge in [0.25, 0.3) is 0 Å². The van der Waals surface area contributed by atoms with Crippen molar-refractivity contribution in [2.75, 3.05) is 0 Å². The van der Waals surface area contributed by atoms with Crippen LogP contribution in [0, 0.1) is 0 Å². The molecule has 3 aromatic carbocycles. The van der Waals surface area contributed by atoms with Crippen LogP contribution in [0.25, 0.3) is 10.8 Å². The van der Waals surface area contributed by atoms with Gasteiger partial charge in [-0.1, -0.05) is 60.1 Å². The Hall–Kier alpha value is -1.83. The minimum atomic E-state index is -0.905. The normalized spacial score (nSPS) is 14.0. The Kier molecular flexibility index (Phi) is 3.71. The highest BCUT2D eigenvalue weighted by Crippen LogP contribution is 2.28. The van der Waals surface area contributed by atoms with Crippen LogP contribution in [0.5, 0.6) is 0 Å². The molecule has 0 radical (unpaired) electrons. The first-order chi connectivity index (χ1) is 10.0. The molecule has 1 unspecified atom stereocenters. The van der Waals surface area contributed by atoms with E-state index in [4.69, 9.17) is 11.6 Å². The Bertz CT molecular complexity index is 760. The molecule has 0 spiro atoms. The van der Waals surface area contributed by atoms with Gasteiger partial charge in [0.05, 0.1) is 5.60 Å². The van der Waals surface area contributed by atoms with Crippen molar-refractivity contribution in [3.63, 3.8) is 0 Å². The maximum atomic E-state index is 10.8. The molecule has 1 nitrogen and oxygen atoms in total. The molecule has 2 heteroatoms. The fourth-order valence-corrected chi connectivity index (χ4v) is 2.75. The summed E-state index contributed by atoms with van der Waals surface area (Å²) in [5.41, 5.74) is 1.09. The quantitative estimate of drug-likeness (QED) is 0.725. The number of aliphatic hydroxyl groups is 1. The zero-order valence-electron chi connectivity index (χ0n) is 11.9. The van der Waals surface area contributed by atoms with Crippen molar-refractivity contribution in [1.29, 1.82) is 0 Å². The van der Waals surface area contributed by atoms with Gasteiger partial charge in [-0.15, -0.1) is 0 Å². The lowest BCUT2D eigenvalue weighted by atomic mass is 9.88. The van der Waals surface area contributed by atoms with E-state index in [0.717, 1.165) is 16.5 Å². The van der Waals surface area contributed by atoms with E-state index in [0.29, 0.717) is 11.4 Å². The molecule has 0 saturated carbocycles. The molecule has 106 valence electrons. The Labute approximate surface area is 129 Å². The average molecular weight is 297 g/mol. The van der Waals surface area contributed by atoms with Gasteiger partial charge in [-0.3, -0.25) is 0 Å². The molecule has 0 heterocycles. The van der Waals surface area contributed by atoms with E-state index in [1.165, 1.54) is 5.39 Å². The number of hydrogen-bond donors (Lipinski definition) is 1. The highest BCUT2D eigenvalue weighted by molar-refractivity contribution is 6.30. The third-order valence-corrected chi connectivity index (χ3v) is 4.08. The molecule has 0 fully saturated rings. The van der Waals surface area contributed by atoms with Gasteiger partial charge in [-0.25, -0.2) is 0 Å². The van der Waals surface area contributed by atoms with Crippen LogP contribution in [0.4, 0.5) is 0 Å². The van der Waals surface area contributed by atoms with Crippen LogP contribution in [-0.2, 0) is 12.0 Å². The van der Waals surface area contributed by atoms with Crippen molar-refractivity contribution >= 4 is 22.4 Å². The topological polar surface area (TPSA) is 20.2 Å². The lowest BCUT2D eigenvalue weighted by molar-refractivity contribution is 0.0578. The van der Waals surface area contributed by atoms with Crippen LogP contribution >= 0.6 is 11.6 Å². The fraction of sp³-hybridized carbons (Fsp3) is 0.158. The molecule has 0 aromatic heterocycles. The minimum Gasteiger partial charge on any atom is -0.385 e. The predicted molar refractivity (Wildman–Crippen MR) is 88.7 cm³/mol. The lowest BCUT2D eigenvalue weighted by Crippen LogP contribution is -2.24. The second kappa shape index (κ2) is 5.51. The standard InChI is InChI=1S/C19H17ClO/c1-19(21,13-14-6-10-18(20)11-7-14)17-9-8-15-4-2-3-5-16(15)12-17/h2-12,21H,13H2,1H3. The van der Waals surface area contributed by atoms with E-state index in [1.54, 1.807) is 0 Å². The third kappa shape index (κ3) is 3.10. The highest BCUT2D eigenvalue weighted by Gasteiger charge is 2.23. The average Bonchev–Trinajstić information content (AvgIpc) is 2.49. The fourth-order valence-electron chi connectivity index (χ4n) is 2.63. The van der Waals surface area contributed by atoms with Gasteiger partial charge in [0, 0.05) is 11.4 Å². The number of fused-ring (bicyclic) bond motifs is 1. The third-order valence-electron chi connectivity index (χ3n) is 3.83. The summed E-state index contributed by atoms with van der Waals surface area (Å²) in [7, 11) is 0. The van der Waals surface area contributed by atoms with Crippen LogP contribution in [0.15, 0.2) is 66.7 Å². The van der Waals surface area contributed by atoms with Crippen LogP contribution in [0.1, 0.15) is 18.1 Å². The van der Waals surface area contributed by atoms with Gasteiger partial charge >= 0.3 is 0 Å². The first kappa shape index (κ1) is 14.1. The molecule has 0 saturated heterocycles. The van der Waals surface area contributed by atoms with Gasteiger partial charge in [0.2, 0.25) is 0 Å². The molecule has 0 bridgehead atoms. The molecule has 0 amide bonds. The Morgan fingerprint density at radius 1 is 0.905 bits per heavy atom. The predicted octanol–water partition coefficient (Wildman–Crippen LogP) is 4.94. The van der Waals surface area contributed by atoms with Crippen LogP contribution < -0.4 is 0 Å². The maximum Gasteiger partial charge on any atom is 0.0908 e. The SMILES string of the molecule is CC(O)(Cc1ccc(Cl)cc1)c1ccc2ccccc2c1. The number of benzene rings is 3. The Morgan fingerprint density at radius 3 is 2.29 bits per heavy atom. The zero-order valence-corrected chi connectivity index (χ0v) is 12.6. The molecule has 1 atom stereocenters. The van der Waals surface area contributed by atoms with Gasteiger partial charge in [-0.05, 0) is 47.0 Å². The van der Waals surface area contributed by atoms with Crippen LogP contribution in [0.3, 0.4) is 0 Å². The van der Waals surface area contributed by atoms with E-state index >= 15 is 0 Å². The van der Waals surface area contributed by atoms with Crippen molar-refractivity contribution in [1.82, 2.24) is 0 Å². The van der Waals surface area contributed by atoms with E-state index in [1.807, 2.05) is 49.4 Å². The first-order valence-corrected chi connectivity index (χ1v) is 7.38. The molecule has 1 N–H and O–H groups in total. The summed E-state index contributed by atoms with van der Waals surface area (Å²) < 4.78 is 0. The van der Waals surface area contributed by atoms with Crippen molar-refractivity contribution in [2.45, 2.75) is 18.9 Å². The molecular weight excluding hydrogens is 280 g/mol. The van der Waals surface area contributed by atoms with E-state index in [2.05, 4.69) is 24.3 Å². The largest absolute Gasteiger partial charge is 0.385 e. The van der Waals surface area contributed by atoms with Gasteiger partial charge in [-0.2, -0.15) is 0 Å². The molecule has 0 aliphatic carbocycles. The number of rotatable bonds is 3. The van der Waals surface area contributed by atoms with Crippen LogP contribution in [0.2, 0.25) is 5.02 Å². The summed E-state index contributed by atoms with van der Waals surface area (Å²) in [6.45, 7) is 1.85.